The molecule has 0 aliphatic carbocycles. The monoisotopic (exact) mass is 390 g/mol. The van der Waals surface area contributed by atoms with Crippen LogP contribution < -0.4 is 15.6 Å². The molecule has 0 bridgehead atoms. The number of rotatable bonds is 5. The van der Waals surface area contributed by atoms with Crippen LogP contribution in [0.25, 0.3) is 0 Å². The van der Waals surface area contributed by atoms with E-state index in [1.54, 1.807) is 42.5 Å². The molecule has 0 atom stereocenters. The molecule has 24 heavy (non-hydrogen) atoms. The summed E-state index contributed by atoms with van der Waals surface area (Å²) in [5.74, 6) is 0.303. The van der Waals surface area contributed by atoms with Crippen molar-refractivity contribution in [3.8, 4) is 5.75 Å². The number of carbonyl (C=O) groups is 2. The molecule has 6 heteroatoms. The average molecular weight is 391 g/mol. The summed E-state index contributed by atoms with van der Waals surface area (Å²) in [5, 5.41) is 0. The van der Waals surface area contributed by atoms with Crippen LogP contribution in [-0.4, -0.2) is 18.4 Å². The Labute approximate surface area is 149 Å². The van der Waals surface area contributed by atoms with Crippen molar-refractivity contribution < 1.29 is 14.3 Å². The number of hydrogen-bond donors (Lipinski definition) is 2. The molecule has 0 radical (unpaired) electrons. The Bertz CT molecular complexity index is 717. The minimum absolute atomic E-state index is 0.375. The summed E-state index contributed by atoms with van der Waals surface area (Å²) in [6.07, 6.45) is 0. The molecule has 2 aromatic carbocycles. The molecular formula is C18H19BrN2O3. The highest BCUT2D eigenvalue weighted by Gasteiger charge is 2.11. The van der Waals surface area contributed by atoms with Crippen LogP contribution in [0.15, 0.2) is 53.0 Å². The topological polar surface area (TPSA) is 67.4 Å². The lowest BCUT2D eigenvalue weighted by Crippen LogP contribution is -2.41. The third-order valence-electron chi connectivity index (χ3n) is 3.09. The van der Waals surface area contributed by atoms with Crippen LogP contribution in [0.3, 0.4) is 0 Å². The summed E-state index contributed by atoms with van der Waals surface area (Å²) in [7, 11) is 0. The molecule has 0 unspecified atom stereocenters. The van der Waals surface area contributed by atoms with Crippen molar-refractivity contribution in [2.75, 3.05) is 6.61 Å². The van der Waals surface area contributed by atoms with Crippen LogP contribution in [0.5, 0.6) is 5.75 Å². The highest BCUT2D eigenvalue weighted by atomic mass is 79.9. The fourth-order valence-corrected chi connectivity index (χ4v) is 2.36. The summed E-state index contributed by atoms with van der Waals surface area (Å²) < 4.78 is 6.33. The Morgan fingerprint density at radius 3 is 2.21 bits per heavy atom. The van der Waals surface area contributed by atoms with Crippen molar-refractivity contribution in [3.05, 3.63) is 64.1 Å². The van der Waals surface area contributed by atoms with E-state index in [1.807, 2.05) is 6.07 Å². The van der Waals surface area contributed by atoms with Crippen LogP contribution in [0, 0.1) is 5.92 Å². The Morgan fingerprint density at radius 1 is 1.00 bits per heavy atom. The van der Waals surface area contributed by atoms with Gasteiger partial charge in [-0.15, -0.1) is 0 Å². The van der Waals surface area contributed by atoms with Gasteiger partial charge < -0.3 is 4.74 Å². The molecule has 2 amide bonds. The molecule has 0 saturated heterocycles. The van der Waals surface area contributed by atoms with Gasteiger partial charge in [-0.3, -0.25) is 20.4 Å². The second-order valence-electron chi connectivity index (χ2n) is 5.62. The Morgan fingerprint density at radius 2 is 1.62 bits per heavy atom. The molecule has 5 nitrogen and oxygen atoms in total. The summed E-state index contributed by atoms with van der Waals surface area (Å²) >= 11 is 3.39. The van der Waals surface area contributed by atoms with Crippen molar-refractivity contribution in [1.29, 1.82) is 0 Å². The highest BCUT2D eigenvalue weighted by molar-refractivity contribution is 9.10. The van der Waals surface area contributed by atoms with E-state index in [2.05, 4.69) is 40.6 Å². The SMILES string of the molecule is CC(C)COc1ccc(C(=O)NNC(=O)c2ccccc2)cc1Br. The zero-order valence-electron chi connectivity index (χ0n) is 13.5. The van der Waals surface area contributed by atoms with Gasteiger partial charge in [0.05, 0.1) is 11.1 Å². The van der Waals surface area contributed by atoms with Crippen molar-refractivity contribution in [2.24, 2.45) is 5.92 Å². The first-order valence-electron chi connectivity index (χ1n) is 7.55. The smallest absolute Gasteiger partial charge is 0.269 e. The van der Waals surface area contributed by atoms with Gasteiger partial charge in [0, 0.05) is 11.1 Å². The summed E-state index contributed by atoms with van der Waals surface area (Å²) in [6, 6.07) is 13.7. The van der Waals surface area contributed by atoms with Crippen LogP contribution >= 0.6 is 15.9 Å². The fourth-order valence-electron chi connectivity index (χ4n) is 1.86. The van der Waals surface area contributed by atoms with Crippen LogP contribution in [-0.2, 0) is 0 Å². The summed E-state index contributed by atoms with van der Waals surface area (Å²) in [4.78, 5) is 24.0. The molecule has 0 aliphatic heterocycles. The van der Waals surface area contributed by atoms with Gasteiger partial charge in [-0.05, 0) is 52.2 Å². The molecule has 2 aromatic rings. The second kappa shape index (κ2) is 8.49. The lowest BCUT2D eigenvalue weighted by Gasteiger charge is -2.12. The van der Waals surface area contributed by atoms with Crippen molar-refractivity contribution >= 4 is 27.7 Å². The van der Waals surface area contributed by atoms with Crippen molar-refractivity contribution in [3.63, 3.8) is 0 Å². The molecule has 0 heterocycles. The first kappa shape index (κ1) is 18.0. The van der Waals surface area contributed by atoms with Gasteiger partial charge in [0.1, 0.15) is 5.75 Å². The molecule has 126 valence electrons. The van der Waals surface area contributed by atoms with Gasteiger partial charge in [-0.25, -0.2) is 0 Å². The maximum Gasteiger partial charge on any atom is 0.269 e. The molecule has 2 rings (SSSR count). The molecule has 0 aromatic heterocycles. The fraction of sp³-hybridized carbons (Fsp3) is 0.222. The molecule has 0 saturated carbocycles. The van der Waals surface area contributed by atoms with Crippen molar-refractivity contribution in [1.82, 2.24) is 10.9 Å². The zero-order valence-corrected chi connectivity index (χ0v) is 15.1. The molecule has 0 spiro atoms. The van der Waals surface area contributed by atoms with Crippen LogP contribution in [0.2, 0.25) is 0 Å². The van der Waals surface area contributed by atoms with E-state index in [0.717, 1.165) is 0 Å². The quantitative estimate of drug-likeness (QED) is 0.766. The Balaban J connectivity index is 1.95. The maximum absolute atomic E-state index is 12.1. The number of halogens is 1. The minimum Gasteiger partial charge on any atom is -0.492 e. The number of ether oxygens (including phenoxy) is 1. The number of carbonyl (C=O) groups excluding carboxylic acids is 2. The van der Waals surface area contributed by atoms with Gasteiger partial charge in [-0.1, -0.05) is 32.0 Å². The number of benzene rings is 2. The highest BCUT2D eigenvalue weighted by Crippen LogP contribution is 2.26. The number of amides is 2. The van der Waals surface area contributed by atoms with Crippen LogP contribution in [0.4, 0.5) is 0 Å². The summed E-state index contributed by atoms with van der Waals surface area (Å²) in [6.45, 7) is 4.72. The van der Waals surface area contributed by atoms with E-state index in [4.69, 9.17) is 4.74 Å². The Hall–Kier alpha value is -2.34. The molecule has 2 N–H and O–H groups in total. The van der Waals surface area contributed by atoms with Crippen LogP contribution in [0.1, 0.15) is 34.6 Å². The summed E-state index contributed by atoms with van der Waals surface area (Å²) in [5.41, 5.74) is 5.66. The first-order chi connectivity index (χ1) is 11.5. The maximum atomic E-state index is 12.1. The third-order valence-corrected chi connectivity index (χ3v) is 3.71. The Kier molecular flexibility index (Phi) is 6.37. The van der Waals surface area contributed by atoms with E-state index in [1.165, 1.54) is 0 Å². The predicted octanol–water partition coefficient (Wildman–Crippen LogP) is 3.56. The number of hydrogen-bond acceptors (Lipinski definition) is 3. The second-order valence-corrected chi connectivity index (χ2v) is 6.48. The van der Waals surface area contributed by atoms with E-state index in [9.17, 15) is 9.59 Å². The molecular weight excluding hydrogens is 372 g/mol. The van der Waals surface area contributed by atoms with E-state index in [0.29, 0.717) is 33.9 Å². The predicted molar refractivity (Wildman–Crippen MR) is 95.8 cm³/mol. The van der Waals surface area contributed by atoms with Gasteiger partial charge in [0.2, 0.25) is 0 Å². The molecule has 0 aliphatic rings. The van der Waals surface area contributed by atoms with E-state index >= 15 is 0 Å². The van der Waals surface area contributed by atoms with Crippen molar-refractivity contribution in [2.45, 2.75) is 13.8 Å². The van der Waals surface area contributed by atoms with Gasteiger partial charge in [-0.2, -0.15) is 0 Å². The first-order valence-corrected chi connectivity index (χ1v) is 8.34. The average Bonchev–Trinajstić information content (AvgIpc) is 2.58. The van der Waals surface area contributed by atoms with E-state index in [-0.39, 0.29) is 5.91 Å². The van der Waals surface area contributed by atoms with Gasteiger partial charge in [0.15, 0.2) is 0 Å². The number of hydrazine groups is 1. The lowest BCUT2D eigenvalue weighted by atomic mass is 10.2. The minimum atomic E-state index is -0.407. The van der Waals surface area contributed by atoms with E-state index < -0.39 is 5.91 Å². The lowest BCUT2D eigenvalue weighted by molar-refractivity contribution is 0.0846. The van der Waals surface area contributed by atoms with Gasteiger partial charge >= 0.3 is 0 Å². The third kappa shape index (κ3) is 5.09. The number of nitrogens with one attached hydrogen (secondary N) is 2. The largest absolute Gasteiger partial charge is 0.492 e. The standard InChI is InChI=1S/C18H19BrN2O3/c1-12(2)11-24-16-9-8-14(10-15(16)19)18(23)21-20-17(22)13-6-4-3-5-7-13/h3-10,12H,11H2,1-2H3,(H,20,22)(H,21,23). The zero-order chi connectivity index (χ0) is 17.5. The van der Waals surface area contributed by atoms with Gasteiger partial charge in [0.25, 0.3) is 11.8 Å². The molecule has 0 fully saturated rings. The normalized spacial score (nSPS) is 10.3.